The molecule has 1 aromatic carbocycles. The number of ether oxygens (including phenoxy) is 1. The maximum atomic E-state index is 13.5. The van der Waals surface area contributed by atoms with Gasteiger partial charge in [0.15, 0.2) is 11.4 Å². The number of guanidine groups is 2. The van der Waals surface area contributed by atoms with E-state index in [1.165, 1.54) is 0 Å². The van der Waals surface area contributed by atoms with Crippen LogP contribution >= 0.6 is 0 Å². The monoisotopic (exact) mass is 465 g/mol. The highest BCUT2D eigenvalue weighted by atomic mass is 19.4. The van der Waals surface area contributed by atoms with E-state index in [1.54, 1.807) is 36.0 Å². The van der Waals surface area contributed by atoms with Crippen molar-refractivity contribution in [1.82, 2.24) is 24.3 Å². The number of hydrogen-bond donors (Lipinski definition) is 1. The van der Waals surface area contributed by atoms with E-state index < -0.39 is 12.1 Å². The average Bonchev–Trinajstić information content (AvgIpc) is 3.36. The summed E-state index contributed by atoms with van der Waals surface area (Å²) in [7, 11) is 1.54. The van der Waals surface area contributed by atoms with E-state index >= 15 is 0 Å². The number of alkyl halides is 3. The Morgan fingerprint density at radius 1 is 1.27 bits per heavy atom. The molecular formula is C21H28F3N8O+. The second-order valence-corrected chi connectivity index (χ2v) is 8.57. The highest BCUT2D eigenvalue weighted by Crippen LogP contribution is 2.39. The number of hydrogen-bond acceptors (Lipinski definition) is 7. The van der Waals surface area contributed by atoms with Crippen molar-refractivity contribution < 1.29 is 17.9 Å². The molecule has 1 saturated heterocycles. The molecule has 9 nitrogen and oxygen atoms in total. The molecule has 178 valence electrons. The number of aryl methyl sites for hydroxylation is 1. The lowest BCUT2D eigenvalue weighted by Gasteiger charge is -2.40. The molecule has 2 aliphatic heterocycles. The molecule has 0 bridgehead atoms. The van der Waals surface area contributed by atoms with Crippen molar-refractivity contribution in [3.63, 3.8) is 0 Å². The molecule has 2 aromatic rings. The van der Waals surface area contributed by atoms with Gasteiger partial charge in [0.05, 0.1) is 13.0 Å². The molecule has 2 unspecified atom stereocenters. The summed E-state index contributed by atoms with van der Waals surface area (Å²) in [6, 6.07) is 5.27. The van der Waals surface area contributed by atoms with Gasteiger partial charge in [0.2, 0.25) is 0 Å². The molecule has 1 fully saturated rings. The third-order valence-corrected chi connectivity index (χ3v) is 6.10. The minimum absolute atomic E-state index is 0.0303. The number of quaternary nitrogens is 1. The normalized spacial score (nSPS) is 23.6. The zero-order valence-corrected chi connectivity index (χ0v) is 19.0. The number of likely N-dealkylation sites (tertiary alicyclic amines) is 1. The molecular weight excluding hydrogens is 437 g/mol. The standard InChI is InChI=1S/C21H28F3N8O/c1-13(2)32(16-7-8-17(18(10-16)33-4)31-12-26-14(3)28-31)20(27-19(25)29-32)30-9-5-6-15(11-30)21(22,23)24/h7-8,10,12-13,15H,5-6,9,11H2,1-4H3,(H2,25,29)/q+1. The highest BCUT2D eigenvalue weighted by Gasteiger charge is 2.52. The predicted octanol–water partition coefficient (Wildman–Crippen LogP) is 3.17. The Hall–Kier alpha value is -3.15. The van der Waals surface area contributed by atoms with Gasteiger partial charge < -0.3 is 15.4 Å². The lowest BCUT2D eigenvalue weighted by atomic mass is 9.97. The summed E-state index contributed by atoms with van der Waals surface area (Å²) in [4.78, 5) is 10.3. The summed E-state index contributed by atoms with van der Waals surface area (Å²) in [5.74, 6) is 0.132. The maximum Gasteiger partial charge on any atom is 0.393 e. The average molecular weight is 466 g/mol. The summed E-state index contributed by atoms with van der Waals surface area (Å²) in [6.07, 6.45) is -2.16. The van der Waals surface area contributed by atoms with Crippen molar-refractivity contribution in [3.05, 3.63) is 30.4 Å². The number of aromatic nitrogens is 3. The fraction of sp³-hybridized carbons (Fsp3) is 0.524. The van der Waals surface area contributed by atoms with E-state index in [1.807, 2.05) is 26.0 Å². The van der Waals surface area contributed by atoms with Gasteiger partial charge in [0.1, 0.15) is 23.9 Å². The Balaban J connectivity index is 1.78. The molecule has 0 amide bonds. The van der Waals surface area contributed by atoms with Crippen LogP contribution in [0.5, 0.6) is 5.75 Å². The quantitative estimate of drug-likeness (QED) is 0.700. The van der Waals surface area contributed by atoms with Crippen LogP contribution in [0.3, 0.4) is 0 Å². The lowest BCUT2D eigenvalue weighted by molar-refractivity contribution is -0.183. The third-order valence-electron chi connectivity index (χ3n) is 6.10. The van der Waals surface area contributed by atoms with Gasteiger partial charge in [0, 0.05) is 25.2 Å². The van der Waals surface area contributed by atoms with Crippen molar-refractivity contribution in [2.45, 2.75) is 45.8 Å². The van der Waals surface area contributed by atoms with Gasteiger partial charge in [0.25, 0.3) is 5.96 Å². The fourth-order valence-electron chi connectivity index (χ4n) is 4.47. The molecule has 12 heteroatoms. The molecule has 0 saturated carbocycles. The van der Waals surface area contributed by atoms with Gasteiger partial charge in [-0.3, -0.25) is 0 Å². The van der Waals surface area contributed by atoms with Crippen molar-refractivity contribution in [3.8, 4) is 11.4 Å². The number of piperidine rings is 1. The van der Waals surface area contributed by atoms with Crippen LogP contribution in [-0.4, -0.2) is 64.0 Å². The number of aliphatic imine (C=N–C) groups is 1. The lowest BCUT2D eigenvalue weighted by Crippen LogP contribution is -2.61. The summed E-state index contributed by atoms with van der Waals surface area (Å²) in [5.41, 5.74) is 7.39. The molecule has 0 spiro atoms. The summed E-state index contributed by atoms with van der Waals surface area (Å²) in [5, 5.41) is 8.97. The second kappa shape index (κ2) is 8.32. The second-order valence-electron chi connectivity index (χ2n) is 8.57. The van der Waals surface area contributed by atoms with Gasteiger partial charge in [-0.1, -0.05) is 4.59 Å². The molecule has 33 heavy (non-hydrogen) atoms. The smallest absolute Gasteiger partial charge is 0.393 e. The molecule has 1 aromatic heterocycles. The van der Waals surface area contributed by atoms with E-state index in [2.05, 4.69) is 20.2 Å². The summed E-state index contributed by atoms with van der Waals surface area (Å²) in [6.45, 7) is 5.93. The molecule has 2 aliphatic rings. The van der Waals surface area contributed by atoms with Crippen LogP contribution in [0.2, 0.25) is 0 Å². The number of rotatable bonds is 4. The number of benzene rings is 1. The fourth-order valence-corrected chi connectivity index (χ4v) is 4.47. The van der Waals surface area contributed by atoms with Gasteiger partial charge >= 0.3 is 12.1 Å². The largest absolute Gasteiger partial charge is 0.494 e. The van der Waals surface area contributed by atoms with Crippen molar-refractivity contribution >= 4 is 17.6 Å². The molecule has 0 aliphatic carbocycles. The predicted molar refractivity (Wildman–Crippen MR) is 119 cm³/mol. The Morgan fingerprint density at radius 2 is 2.03 bits per heavy atom. The van der Waals surface area contributed by atoms with Crippen LogP contribution in [-0.2, 0) is 0 Å². The van der Waals surface area contributed by atoms with Gasteiger partial charge in [-0.2, -0.15) is 18.3 Å². The van der Waals surface area contributed by atoms with Gasteiger partial charge in [-0.25, -0.2) is 9.67 Å². The van der Waals surface area contributed by atoms with Crippen molar-refractivity contribution in [2.24, 2.45) is 21.7 Å². The van der Waals surface area contributed by atoms with Gasteiger partial charge in [-0.15, -0.1) is 4.99 Å². The molecule has 0 radical (unpaired) electrons. The third kappa shape index (κ3) is 4.03. The Kier molecular flexibility index (Phi) is 5.81. The zero-order chi connectivity index (χ0) is 24.0. The number of nitrogens with two attached hydrogens (primary N) is 1. The number of methoxy groups -OCH3 is 1. The van der Waals surface area contributed by atoms with Crippen LogP contribution in [0.4, 0.5) is 18.9 Å². The van der Waals surface area contributed by atoms with Crippen LogP contribution in [0.15, 0.2) is 34.6 Å². The highest BCUT2D eigenvalue weighted by molar-refractivity contribution is 6.05. The van der Waals surface area contributed by atoms with Crippen LogP contribution in [0.25, 0.3) is 5.69 Å². The number of halogens is 3. The van der Waals surface area contributed by atoms with E-state index in [4.69, 9.17) is 10.5 Å². The van der Waals surface area contributed by atoms with E-state index in [0.717, 1.165) is 0 Å². The molecule has 3 heterocycles. The molecule has 2 atom stereocenters. The first-order valence-corrected chi connectivity index (χ1v) is 10.8. The van der Waals surface area contributed by atoms with Crippen LogP contribution < -0.4 is 15.1 Å². The molecule has 2 N–H and O–H groups in total. The topological polar surface area (TPSA) is 93.9 Å². The summed E-state index contributed by atoms with van der Waals surface area (Å²) >= 11 is 0. The summed E-state index contributed by atoms with van der Waals surface area (Å²) < 4.78 is 47.6. The van der Waals surface area contributed by atoms with Gasteiger partial charge in [-0.05, 0) is 44.8 Å². The Labute approximate surface area is 189 Å². The minimum Gasteiger partial charge on any atom is -0.494 e. The van der Waals surface area contributed by atoms with E-state index in [0.29, 0.717) is 41.9 Å². The Morgan fingerprint density at radius 3 is 2.64 bits per heavy atom. The Bertz CT molecular complexity index is 1090. The first-order valence-electron chi connectivity index (χ1n) is 10.8. The first kappa shape index (κ1) is 23.0. The maximum absolute atomic E-state index is 13.5. The van der Waals surface area contributed by atoms with Crippen LogP contribution in [0.1, 0.15) is 32.5 Å². The van der Waals surface area contributed by atoms with E-state index in [-0.39, 0.29) is 29.6 Å². The van der Waals surface area contributed by atoms with Crippen molar-refractivity contribution in [1.29, 1.82) is 0 Å². The SMILES string of the molecule is COc1cc([N+]2(C(C)C)N=C(N)N=C2N2CCCC(C(F)(F)F)C2)ccc1-n1cnc(C)n1. The first-order chi connectivity index (χ1) is 15.6. The van der Waals surface area contributed by atoms with E-state index in [9.17, 15) is 13.2 Å². The number of nitrogens with zero attached hydrogens (tertiary/aromatic N) is 7. The zero-order valence-electron chi connectivity index (χ0n) is 19.0. The minimum atomic E-state index is -4.27. The van der Waals surface area contributed by atoms with Crippen molar-refractivity contribution in [2.75, 3.05) is 20.2 Å². The molecule has 4 rings (SSSR count). The van der Waals surface area contributed by atoms with Crippen LogP contribution in [0, 0.1) is 12.8 Å².